The van der Waals surface area contributed by atoms with Crippen molar-refractivity contribution in [2.24, 2.45) is 0 Å². The zero-order valence-electron chi connectivity index (χ0n) is 10.9. The van der Waals surface area contributed by atoms with Crippen LogP contribution in [0.15, 0.2) is 42.5 Å². The maximum absolute atomic E-state index is 13.0. The van der Waals surface area contributed by atoms with Gasteiger partial charge in [0, 0.05) is 24.3 Å². The molecule has 0 spiro atoms. The second-order valence-corrected chi connectivity index (χ2v) is 4.96. The molecule has 0 saturated carbocycles. The minimum absolute atomic E-state index is 0.137. The van der Waals surface area contributed by atoms with Crippen molar-refractivity contribution in [2.45, 2.75) is 6.54 Å². The SMILES string of the molecule is CN(Cc1ccc(Cl)cc1)C(=O)c1ccc(F)cc1N. The maximum Gasteiger partial charge on any atom is 0.255 e. The van der Waals surface area contributed by atoms with Crippen LogP contribution in [-0.2, 0) is 6.54 Å². The number of benzene rings is 2. The number of amides is 1. The van der Waals surface area contributed by atoms with Crippen LogP contribution >= 0.6 is 11.6 Å². The zero-order valence-corrected chi connectivity index (χ0v) is 11.7. The molecule has 20 heavy (non-hydrogen) atoms. The van der Waals surface area contributed by atoms with E-state index in [9.17, 15) is 9.18 Å². The van der Waals surface area contributed by atoms with Crippen molar-refractivity contribution in [3.8, 4) is 0 Å². The number of nitrogen functional groups attached to an aromatic ring is 1. The highest BCUT2D eigenvalue weighted by molar-refractivity contribution is 6.30. The standard InChI is InChI=1S/C15H14ClFN2O/c1-19(9-10-2-4-11(16)5-3-10)15(20)13-7-6-12(17)8-14(13)18/h2-8H,9,18H2,1H3. The van der Waals surface area contributed by atoms with E-state index >= 15 is 0 Å². The van der Waals surface area contributed by atoms with Gasteiger partial charge in [0.05, 0.1) is 5.56 Å². The number of carbonyl (C=O) groups is 1. The minimum Gasteiger partial charge on any atom is -0.398 e. The Morgan fingerprint density at radius 2 is 1.90 bits per heavy atom. The van der Waals surface area contributed by atoms with Gasteiger partial charge in [-0.15, -0.1) is 0 Å². The highest BCUT2D eigenvalue weighted by Gasteiger charge is 2.15. The molecule has 0 radical (unpaired) electrons. The second kappa shape index (κ2) is 5.92. The predicted molar refractivity (Wildman–Crippen MR) is 78.1 cm³/mol. The van der Waals surface area contributed by atoms with Gasteiger partial charge in [0.1, 0.15) is 5.82 Å². The molecule has 2 rings (SSSR count). The molecule has 0 bridgehead atoms. The lowest BCUT2D eigenvalue weighted by Gasteiger charge is -2.18. The molecule has 3 nitrogen and oxygen atoms in total. The van der Waals surface area contributed by atoms with Gasteiger partial charge in [-0.1, -0.05) is 23.7 Å². The number of nitrogens with two attached hydrogens (primary N) is 1. The van der Waals surface area contributed by atoms with Crippen LogP contribution in [0.3, 0.4) is 0 Å². The molecule has 2 aromatic rings. The van der Waals surface area contributed by atoms with Crippen LogP contribution in [0.5, 0.6) is 0 Å². The van der Waals surface area contributed by atoms with E-state index in [2.05, 4.69) is 0 Å². The van der Waals surface area contributed by atoms with Gasteiger partial charge in [0.25, 0.3) is 5.91 Å². The van der Waals surface area contributed by atoms with Crippen molar-refractivity contribution in [2.75, 3.05) is 12.8 Å². The minimum atomic E-state index is -0.459. The highest BCUT2D eigenvalue weighted by Crippen LogP contribution is 2.17. The fourth-order valence-corrected chi connectivity index (χ4v) is 2.00. The Balaban J connectivity index is 2.14. The molecule has 0 aliphatic heterocycles. The first kappa shape index (κ1) is 14.3. The summed E-state index contributed by atoms with van der Waals surface area (Å²) in [5.74, 6) is -0.711. The van der Waals surface area contributed by atoms with Gasteiger partial charge in [-0.05, 0) is 35.9 Å². The normalized spacial score (nSPS) is 10.3. The number of carbonyl (C=O) groups excluding carboxylic acids is 1. The van der Waals surface area contributed by atoms with Gasteiger partial charge in [0.2, 0.25) is 0 Å². The Kier molecular flexibility index (Phi) is 4.25. The Bertz CT molecular complexity index is 628. The van der Waals surface area contributed by atoms with Gasteiger partial charge < -0.3 is 10.6 Å². The second-order valence-electron chi connectivity index (χ2n) is 4.52. The lowest BCUT2D eigenvalue weighted by molar-refractivity contribution is 0.0786. The fraction of sp³-hybridized carbons (Fsp3) is 0.133. The maximum atomic E-state index is 13.0. The molecule has 2 N–H and O–H groups in total. The molecular weight excluding hydrogens is 279 g/mol. The fourth-order valence-electron chi connectivity index (χ4n) is 1.87. The van der Waals surface area contributed by atoms with Gasteiger partial charge >= 0.3 is 0 Å². The third-order valence-corrected chi connectivity index (χ3v) is 3.18. The molecule has 104 valence electrons. The average molecular weight is 293 g/mol. The van der Waals surface area contributed by atoms with E-state index in [4.69, 9.17) is 17.3 Å². The topological polar surface area (TPSA) is 46.3 Å². The number of halogens is 2. The molecule has 0 atom stereocenters. The lowest BCUT2D eigenvalue weighted by atomic mass is 10.1. The van der Waals surface area contributed by atoms with Crippen molar-refractivity contribution in [1.29, 1.82) is 0 Å². The van der Waals surface area contributed by atoms with Crippen molar-refractivity contribution < 1.29 is 9.18 Å². The van der Waals surface area contributed by atoms with Crippen LogP contribution in [0.4, 0.5) is 10.1 Å². The third-order valence-electron chi connectivity index (χ3n) is 2.92. The Labute approximate surface area is 121 Å². The Morgan fingerprint density at radius 3 is 2.50 bits per heavy atom. The van der Waals surface area contributed by atoms with Crippen LogP contribution in [0.1, 0.15) is 15.9 Å². The van der Waals surface area contributed by atoms with E-state index in [1.165, 1.54) is 17.0 Å². The Morgan fingerprint density at radius 1 is 1.25 bits per heavy atom. The number of nitrogens with zero attached hydrogens (tertiary/aromatic N) is 1. The monoisotopic (exact) mass is 292 g/mol. The molecule has 0 saturated heterocycles. The first-order valence-corrected chi connectivity index (χ1v) is 6.40. The molecule has 1 amide bonds. The highest BCUT2D eigenvalue weighted by atomic mass is 35.5. The lowest BCUT2D eigenvalue weighted by Crippen LogP contribution is -2.27. The van der Waals surface area contributed by atoms with Crippen molar-refractivity contribution >= 4 is 23.2 Å². The predicted octanol–water partition coefficient (Wildman–Crippen LogP) is 3.33. The summed E-state index contributed by atoms with van der Waals surface area (Å²) in [5, 5.41) is 0.644. The van der Waals surface area contributed by atoms with E-state index in [0.717, 1.165) is 11.6 Å². The van der Waals surface area contributed by atoms with Crippen LogP contribution in [0.2, 0.25) is 5.02 Å². The van der Waals surface area contributed by atoms with Crippen LogP contribution in [0.25, 0.3) is 0 Å². The van der Waals surface area contributed by atoms with E-state index in [1.807, 2.05) is 12.1 Å². The molecule has 0 heterocycles. The van der Waals surface area contributed by atoms with E-state index < -0.39 is 5.82 Å². The zero-order chi connectivity index (χ0) is 14.7. The summed E-state index contributed by atoms with van der Waals surface area (Å²) < 4.78 is 13.0. The smallest absolute Gasteiger partial charge is 0.255 e. The molecule has 0 aliphatic carbocycles. The molecule has 0 fully saturated rings. The molecule has 0 aliphatic rings. The van der Waals surface area contributed by atoms with Crippen LogP contribution in [-0.4, -0.2) is 17.9 Å². The molecule has 0 unspecified atom stereocenters. The van der Waals surface area contributed by atoms with Crippen molar-refractivity contribution in [1.82, 2.24) is 4.90 Å². The van der Waals surface area contributed by atoms with E-state index in [1.54, 1.807) is 19.2 Å². The number of anilines is 1. The summed E-state index contributed by atoms with van der Waals surface area (Å²) in [5.41, 5.74) is 7.05. The van der Waals surface area contributed by atoms with Crippen molar-refractivity contribution in [3.05, 3.63) is 64.4 Å². The largest absolute Gasteiger partial charge is 0.398 e. The molecule has 0 aromatic heterocycles. The summed E-state index contributed by atoms with van der Waals surface area (Å²) in [7, 11) is 1.67. The van der Waals surface area contributed by atoms with Crippen LogP contribution < -0.4 is 5.73 Å². The van der Waals surface area contributed by atoms with Gasteiger partial charge in [0.15, 0.2) is 0 Å². The third kappa shape index (κ3) is 3.27. The first-order valence-electron chi connectivity index (χ1n) is 6.02. The Hall–Kier alpha value is -2.07. The summed E-state index contributed by atoms with van der Waals surface area (Å²) >= 11 is 5.81. The van der Waals surface area contributed by atoms with E-state index in [-0.39, 0.29) is 11.6 Å². The summed E-state index contributed by atoms with van der Waals surface area (Å²) in [6.07, 6.45) is 0. The summed E-state index contributed by atoms with van der Waals surface area (Å²) in [6.45, 7) is 0.423. The average Bonchev–Trinajstić information content (AvgIpc) is 2.40. The van der Waals surface area contributed by atoms with Gasteiger partial charge in [-0.3, -0.25) is 4.79 Å². The molecule has 2 aromatic carbocycles. The quantitative estimate of drug-likeness (QED) is 0.882. The first-order chi connectivity index (χ1) is 9.47. The molecule has 5 heteroatoms. The van der Waals surface area contributed by atoms with E-state index in [0.29, 0.717) is 17.1 Å². The number of hydrogen-bond acceptors (Lipinski definition) is 2. The van der Waals surface area contributed by atoms with Crippen LogP contribution in [0, 0.1) is 5.82 Å². The van der Waals surface area contributed by atoms with Gasteiger partial charge in [-0.2, -0.15) is 0 Å². The summed E-state index contributed by atoms with van der Waals surface area (Å²) in [4.78, 5) is 13.8. The number of rotatable bonds is 3. The van der Waals surface area contributed by atoms with Gasteiger partial charge in [-0.25, -0.2) is 4.39 Å². The molecular formula is C15H14ClFN2O. The number of hydrogen-bond donors (Lipinski definition) is 1. The summed E-state index contributed by atoms with van der Waals surface area (Å²) in [6, 6.07) is 11.0. The van der Waals surface area contributed by atoms with Crippen molar-refractivity contribution in [3.63, 3.8) is 0 Å².